The highest BCUT2D eigenvalue weighted by Crippen LogP contribution is 2.16. The zero-order valence-corrected chi connectivity index (χ0v) is 21.4. The SMILES string of the molecule is CCCCCCCCCCCCC(O)CCC(O)CCCCCCCCCCCC(=O)O. The normalized spacial score (nSPS) is 13.3. The van der Waals surface area contributed by atoms with Gasteiger partial charge in [0.1, 0.15) is 0 Å². The fourth-order valence-corrected chi connectivity index (χ4v) is 4.43. The first-order chi connectivity index (χ1) is 15.6. The lowest BCUT2D eigenvalue weighted by Crippen LogP contribution is -2.13. The van der Waals surface area contributed by atoms with Crippen LogP contribution < -0.4 is 0 Å². The summed E-state index contributed by atoms with van der Waals surface area (Å²) in [6.07, 6.45) is 26.4. The number of aliphatic hydroxyl groups is 2. The van der Waals surface area contributed by atoms with Crippen LogP contribution in [0.15, 0.2) is 0 Å². The number of aliphatic hydroxyl groups excluding tert-OH is 2. The van der Waals surface area contributed by atoms with Gasteiger partial charge in [-0.1, -0.05) is 122 Å². The highest BCUT2D eigenvalue weighted by Gasteiger charge is 2.09. The van der Waals surface area contributed by atoms with Crippen molar-refractivity contribution >= 4 is 5.97 Å². The minimum absolute atomic E-state index is 0.241. The molecule has 0 rings (SSSR count). The lowest BCUT2D eigenvalue weighted by molar-refractivity contribution is -0.137. The van der Waals surface area contributed by atoms with E-state index in [9.17, 15) is 15.0 Å². The molecule has 0 heterocycles. The maximum atomic E-state index is 10.4. The van der Waals surface area contributed by atoms with Crippen LogP contribution in [0.4, 0.5) is 0 Å². The van der Waals surface area contributed by atoms with Crippen molar-refractivity contribution in [2.45, 2.75) is 173 Å². The molecule has 0 amide bonds. The number of carbonyl (C=O) groups is 1. The van der Waals surface area contributed by atoms with E-state index >= 15 is 0 Å². The Hall–Kier alpha value is -0.610. The minimum atomic E-state index is -0.684. The molecule has 0 radical (unpaired) electrons. The second kappa shape index (κ2) is 25.0. The molecule has 4 nitrogen and oxygen atoms in total. The van der Waals surface area contributed by atoms with Crippen LogP contribution in [0, 0.1) is 0 Å². The fourth-order valence-electron chi connectivity index (χ4n) is 4.43. The topological polar surface area (TPSA) is 77.8 Å². The van der Waals surface area contributed by atoms with E-state index in [4.69, 9.17) is 5.11 Å². The van der Waals surface area contributed by atoms with Crippen molar-refractivity contribution in [2.75, 3.05) is 0 Å². The highest BCUT2D eigenvalue weighted by atomic mass is 16.4. The quantitative estimate of drug-likeness (QED) is 0.115. The number of hydrogen-bond donors (Lipinski definition) is 3. The van der Waals surface area contributed by atoms with Gasteiger partial charge in [0, 0.05) is 6.42 Å². The van der Waals surface area contributed by atoms with E-state index < -0.39 is 5.97 Å². The molecule has 192 valence electrons. The highest BCUT2D eigenvalue weighted by molar-refractivity contribution is 5.66. The van der Waals surface area contributed by atoms with Gasteiger partial charge in [0.25, 0.3) is 0 Å². The maximum absolute atomic E-state index is 10.4. The molecule has 2 unspecified atom stereocenters. The molecule has 3 N–H and O–H groups in total. The van der Waals surface area contributed by atoms with Crippen molar-refractivity contribution in [1.82, 2.24) is 0 Å². The molecule has 32 heavy (non-hydrogen) atoms. The average Bonchev–Trinajstić information content (AvgIpc) is 2.77. The van der Waals surface area contributed by atoms with E-state index in [1.165, 1.54) is 89.9 Å². The lowest BCUT2D eigenvalue weighted by Gasteiger charge is -2.14. The molecule has 0 aliphatic heterocycles. The predicted molar refractivity (Wildman–Crippen MR) is 136 cm³/mol. The molecular formula is C28H56O4. The molecule has 0 saturated carbocycles. The smallest absolute Gasteiger partial charge is 0.303 e. The van der Waals surface area contributed by atoms with Crippen LogP contribution in [-0.2, 0) is 4.79 Å². The molecular weight excluding hydrogens is 400 g/mol. The van der Waals surface area contributed by atoms with Gasteiger partial charge in [-0.25, -0.2) is 0 Å². The van der Waals surface area contributed by atoms with Crippen LogP contribution in [0.2, 0.25) is 0 Å². The third kappa shape index (κ3) is 25.6. The monoisotopic (exact) mass is 456 g/mol. The van der Waals surface area contributed by atoms with Gasteiger partial charge in [0.05, 0.1) is 12.2 Å². The van der Waals surface area contributed by atoms with Crippen LogP contribution in [0.25, 0.3) is 0 Å². The average molecular weight is 457 g/mol. The Kier molecular flexibility index (Phi) is 24.5. The summed E-state index contributed by atoms with van der Waals surface area (Å²) in [6.45, 7) is 2.26. The molecule has 0 aromatic rings. The van der Waals surface area contributed by atoms with E-state index in [0.717, 1.165) is 57.8 Å². The summed E-state index contributed by atoms with van der Waals surface area (Å²) >= 11 is 0. The summed E-state index contributed by atoms with van der Waals surface area (Å²) in [6, 6.07) is 0. The van der Waals surface area contributed by atoms with E-state index in [-0.39, 0.29) is 12.2 Å². The Balaban J connectivity index is 3.30. The Bertz CT molecular complexity index is 386. The van der Waals surface area contributed by atoms with Crippen molar-refractivity contribution in [2.24, 2.45) is 0 Å². The number of carboxylic acids is 1. The molecule has 0 aliphatic carbocycles. The first-order valence-corrected chi connectivity index (χ1v) is 14.1. The Morgan fingerprint density at radius 2 is 0.812 bits per heavy atom. The van der Waals surface area contributed by atoms with E-state index in [2.05, 4.69) is 6.92 Å². The molecule has 2 atom stereocenters. The van der Waals surface area contributed by atoms with Crippen molar-refractivity contribution < 1.29 is 20.1 Å². The number of rotatable bonds is 26. The second-order valence-corrected chi connectivity index (χ2v) is 9.97. The Morgan fingerprint density at radius 1 is 0.500 bits per heavy atom. The van der Waals surface area contributed by atoms with Gasteiger partial charge in [-0.05, 0) is 32.1 Å². The maximum Gasteiger partial charge on any atom is 0.303 e. The minimum Gasteiger partial charge on any atom is -0.481 e. The standard InChI is InChI=1S/C28H56O4/c1-2-3-4-5-6-7-9-12-15-18-21-26(29)24-25-27(30)22-19-16-13-10-8-11-14-17-20-23-28(31)32/h26-27,29-30H,2-25H2,1H3,(H,31,32). The predicted octanol–water partition coefficient (Wildman–Crippen LogP) is 8.18. The summed E-state index contributed by atoms with van der Waals surface area (Å²) in [5.74, 6) is -0.684. The van der Waals surface area contributed by atoms with Gasteiger partial charge < -0.3 is 15.3 Å². The Morgan fingerprint density at radius 3 is 1.16 bits per heavy atom. The number of unbranched alkanes of at least 4 members (excludes halogenated alkanes) is 17. The number of carboxylic acid groups (broad SMARTS) is 1. The van der Waals surface area contributed by atoms with Crippen molar-refractivity contribution in [3.8, 4) is 0 Å². The van der Waals surface area contributed by atoms with Crippen molar-refractivity contribution in [3.05, 3.63) is 0 Å². The van der Waals surface area contributed by atoms with Crippen molar-refractivity contribution in [3.63, 3.8) is 0 Å². The molecule has 4 heteroatoms. The molecule has 0 aromatic heterocycles. The molecule has 0 fully saturated rings. The summed E-state index contributed by atoms with van der Waals surface area (Å²) in [7, 11) is 0. The third-order valence-corrected chi connectivity index (χ3v) is 6.65. The summed E-state index contributed by atoms with van der Waals surface area (Å²) in [5.41, 5.74) is 0. The Labute approximate surface area is 199 Å². The third-order valence-electron chi connectivity index (χ3n) is 6.65. The van der Waals surface area contributed by atoms with E-state index in [1.807, 2.05) is 0 Å². The first kappa shape index (κ1) is 31.4. The van der Waals surface area contributed by atoms with Gasteiger partial charge in [-0.3, -0.25) is 4.79 Å². The van der Waals surface area contributed by atoms with E-state index in [0.29, 0.717) is 6.42 Å². The molecule has 0 aliphatic rings. The van der Waals surface area contributed by atoms with Crippen LogP contribution in [0.5, 0.6) is 0 Å². The second-order valence-electron chi connectivity index (χ2n) is 9.97. The van der Waals surface area contributed by atoms with Crippen LogP contribution in [0.1, 0.15) is 161 Å². The van der Waals surface area contributed by atoms with Gasteiger partial charge >= 0.3 is 5.97 Å². The van der Waals surface area contributed by atoms with Gasteiger partial charge in [-0.2, -0.15) is 0 Å². The molecule has 0 spiro atoms. The van der Waals surface area contributed by atoms with Crippen LogP contribution >= 0.6 is 0 Å². The molecule has 0 bridgehead atoms. The van der Waals surface area contributed by atoms with Crippen LogP contribution in [0.3, 0.4) is 0 Å². The number of hydrogen-bond acceptors (Lipinski definition) is 3. The van der Waals surface area contributed by atoms with Gasteiger partial charge in [0.2, 0.25) is 0 Å². The van der Waals surface area contributed by atoms with Crippen molar-refractivity contribution in [1.29, 1.82) is 0 Å². The summed E-state index contributed by atoms with van der Waals surface area (Å²) < 4.78 is 0. The van der Waals surface area contributed by atoms with Gasteiger partial charge in [0.15, 0.2) is 0 Å². The lowest BCUT2D eigenvalue weighted by atomic mass is 9.99. The largest absolute Gasteiger partial charge is 0.481 e. The molecule has 0 aromatic carbocycles. The number of aliphatic carboxylic acids is 1. The van der Waals surface area contributed by atoms with E-state index in [1.54, 1.807) is 0 Å². The molecule has 0 saturated heterocycles. The zero-order chi connectivity index (χ0) is 23.7. The van der Waals surface area contributed by atoms with Crippen LogP contribution in [-0.4, -0.2) is 33.5 Å². The fraction of sp³-hybridized carbons (Fsp3) is 0.964. The summed E-state index contributed by atoms with van der Waals surface area (Å²) in [4.78, 5) is 10.4. The first-order valence-electron chi connectivity index (χ1n) is 14.1. The zero-order valence-electron chi connectivity index (χ0n) is 21.4. The van der Waals surface area contributed by atoms with Gasteiger partial charge in [-0.15, -0.1) is 0 Å². The summed E-state index contributed by atoms with van der Waals surface area (Å²) in [5, 5.41) is 28.9.